The van der Waals surface area contributed by atoms with Gasteiger partial charge in [0.2, 0.25) is 0 Å². The summed E-state index contributed by atoms with van der Waals surface area (Å²) in [5.74, 6) is 0.834. The highest BCUT2D eigenvalue weighted by Crippen LogP contribution is 2.29. The minimum atomic E-state index is -0.478. The molecule has 1 atom stereocenters. The van der Waals surface area contributed by atoms with Crippen LogP contribution in [0.3, 0.4) is 0 Å². The lowest BCUT2D eigenvalue weighted by atomic mass is 10.2. The molecule has 94 valence electrons. The summed E-state index contributed by atoms with van der Waals surface area (Å²) in [6, 6.07) is 11.6. The zero-order valence-corrected chi connectivity index (χ0v) is 11.1. The Hall–Kier alpha value is -1.52. The van der Waals surface area contributed by atoms with Crippen molar-refractivity contribution < 1.29 is 9.84 Å². The van der Waals surface area contributed by atoms with Crippen LogP contribution in [0.2, 0.25) is 0 Å². The molecule has 3 nitrogen and oxygen atoms in total. The Morgan fingerprint density at radius 3 is 2.72 bits per heavy atom. The molecule has 0 amide bonds. The summed E-state index contributed by atoms with van der Waals surface area (Å²) < 4.78 is 5.18. The third-order valence-corrected chi connectivity index (χ3v) is 3.45. The first-order valence-corrected chi connectivity index (χ1v) is 6.46. The van der Waals surface area contributed by atoms with Crippen molar-refractivity contribution in [3.8, 4) is 5.75 Å². The fourth-order valence-electron chi connectivity index (χ4n) is 1.48. The van der Waals surface area contributed by atoms with E-state index < -0.39 is 6.10 Å². The van der Waals surface area contributed by atoms with Gasteiger partial charge in [-0.05, 0) is 36.8 Å². The lowest BCUT2D eigenvalue weighted by Gasteiger charge is -2.06. The van der Waals surface area contributed by atoms with Crippen molar-refractivity contribution in [1.29, 1.82) is 0 Å². The van der Waals surface area contributed by atoms with Crippen molar-refractivity contribution in [3.05, 3.63) is 48.2 Å². The summed E-state index contributed by atoms with van der Waals surface area (Å²) in [7, 11) is 1.65. The molecule has 1 heterocycles. The lowest BCUT2D eigenvalue weighted by Crippen LogP contribution is -1.92. The number of aliphatic hydroxyl groups excluding tert-OH is 1. The van der Waals surface area contributed by atoms with Crippen molar-refractivity contribution in [2.45, 2.75) is 22.9 Å². The Labute approximate surface area is 111 Å². The molecule has 0 aliphatic heterocycles. The number of pyridine rings is 1. The average molecular weight is 261 g/mol. The van der Waals surface area contributed by atoms with E-state index in [9.17, 15) is 5.11 Å². The van der Waals surface area contributed by atoms with Crippen molar-refractivity contribution in [3.63, 3.8) is 0 Å². The van der Waals surface area contributed by atoms with Crippen molar-refractivity contribution >= 4 is 11.8 Å². The number of ether oxygens (including phenoxy) is 1. The zero-order chi connectivity index (χ0) is 13.0. The van der Waals surface area contributed by atoms with Gasteiger partial charge in [0.25, 0.3) is 0 Å². The molecule has 0 saturated heterocycles. The van der Waals surface area contributed by atoms with E-state index in [2.05, 4.69) is 4.98 Å². The lowest BCUT2D eigenvalue weighted by molar-refractivity contribution is 0.198. The molecule has 0 spiro atoms. The first kappa shape index (κ1) is 12.9. The molecule has 2 rings (SSSR count). The van der Waals surface area contributed by atoms with Crippen LogP contribution in [0.1, 0.15) is 18.6 Å². The maximum atomic E-state index is 9.41. The van der Waals surface area contributed by atoms with Crippen LogP contribution in [0, 0.1) is 0 Å². The monoisotopic (exact) mass is 261 g/mol. The second-order valence-corrected chi connectivity index (χ2v) is 4.98. The number of rotatable bonds is 4. The molecule has 1 unspecified atom stereocenters. The minimum Gasteiger partial charge on any atom is -0.497 e. The summed E-state index contributed by atoms with van der Waals surface area (Å²) in [6.07, 6.45) is 1.22. The van der Waals surface area contributed by atoms with Crippen LogP contribution in [-0.2, 0) is 0 Å². The topological polar surface area (TPSA) is 42.4 Å². The highest BCUT2D eigenvalue weighted by atomic mass is 32.2. The summed E-state index contributed by atoms with van der Waals surface area (Å²) in [5, 5.41) is 10.3. The van der Waals surface area contributed by atoms with Crippen LogP contribution < -0.4 is 4.74 Å². The highest BCUT2D eigenvalue weighted by Gasteiger charge is 2.03. The van der Waals surface area contributed by atoms with Crippen LogP contribution in [0.25, 0.3) is 0 Å². The van der Waals surface area contributed by atoms with E-state index in [4.69, 9.17) is 4.74 Å². The van der Waals surface area contributed by atoms with E-state index in [1.54, 1.807) is 32.0 Å². The van der Waals surface area contributed by atoms with Crippen molar-refractivity contribution in [2.75, 3.05) is 7.11 Å². The molecule has 2 aromatic rings. The van der Waals surface area contributed by atoms with E-state index in [1.165, 1.54) is 0 Å². The van der Waals surface area contributed by atoms with E-state index in [1.807, 2.05) is 36.4 Å². The van der Waals surface area contributed by atoms with Gasteiger partial charge in [0.15, 0.2) is 0 Å². The van der Waals surface area contributed by atoms with E-state index in [-0.39, 0.29) is 0 Å². The summed E-state index contributed by atoms with van der Waals surface area (Å²) in [6.45, 7) is 1.73. The van der Waals surface area contributed by atoms with Gasteiger partial charge in [0.05, 0.1) is 13.2 Å². The standard InChI is InChI=1S/C14H15NO2S/c1-10(16)11-6-7-14(15-9-11)18-13-5-3-4-12(8-13)17-2/h3-10,16H,1-2H3. The first-order chi connectivity index (χ1) is 8.69. The minimum absolute atomic E-state index is 0.478. The summed E-state index contributed by atoms with van der Waals surface area (Å²) in [4.78, 5) is 5.39. The predicted molar refractivity (Wildman–Crippen MR) is 72.0 cm³/mol. The second kappa shape index (κ2) is 5.89. The fraction of sp³-hybridized carbons (Fsp3) is 0.214. The SMILES string of the molecule is COc1cccc(Sc2ccc(C(C)O)cn2)c1. The van der Waals surface area contributed by atoms with Crippen LogP contribution in [-0.4, -0.2) is 17.2 Å². The Kier molecular flexibility index (Phi) is 4.23. The molecule has 1 aromatic carbocycles. The predicted octanol–water partition coefficient (Wildman–Crippen LogP) is 3.29. The van der Waals surface area contributed by atoms with Crippen LogP contribution in [0.5, 0.6) is 5.75 Å². The number of aliphatic hydroxyl groups is 1. The smallest absolute Gasteiger partial charge is 0.119 e. The molecule has 0 radical (unpaired) electrons. The maximum absolute atomic E-state index is 9.41. The Balaban J connectivity index is 2.13. The van der Waals surface area contributed by atoms with Crippen LogP contribution in [0.15, 0.2) is 52.5 Å². The van der Waals surface area contributed by atoms with Gasteiger partial charge in [0.1, 0.15) is 10.8 Å². The van der Waals surface area contributed by atoms with Gasteiger partial charge in [-0.25, -0.2) is 4.98 Å². The first-order valence-electron chi connectivity index (χ1n) is 5.65. The molecule has 0 aliphatic carbocycles. The van der Waals surface area contributed by atoms with Crippen molar-refractivity contribution in [2.24, 2.45) is 0 Å². The molecule has 0 saturated carbocycles. The average Bonchev–Trinajstić information content (AvgIpc) is 2.39. The second-order valence-electron chi connectivity index (χ2n) is 3.89. The highest BCUT2D eigenvalue weighted by molar-refractivity contribution is 7.99. The van der Waals surface area contributed by atoms with E-state index >= 15 is 0 Å². The number of aromatic nitrogens is 1. The molecule has 4 heteroatoms. The normalized spacial score (nSPS) is 12.2. The third kappa shape index (κ3) is 3.24. The number of nitrogens with zero attached hydrogens (tertiary/aromatic N) is 1. The molecule has 0 fully saturated rings. The molecule has 0 aliphatic rings. The van der Waals surface area contributed by atoms with Crippen LogP contribution in [0.4, 0.5) is 0 Å². The Morgan fingerprint density at radius 2 is 2.11 bits per heavy atom. The number of methoxy groups -OCH3 is 1. The molecular formula is C14H15NO2S. The maximum Gasteiger partial charge on any atom is 0.119 e. The van der Waals surface area contributed by atoms with Gasteiger partial charge >= 0.3 is 0 Å². The summed E-state index contributed by atoms with van der Waals surface area (Å²) >= 11 is 1.56. The van der Waals surface area contributed by atoms with Gasteiger partial charge < -0.3 is 9.84 Å². The molecular weight excluding hydrogens is 246 g/mol. The molecule has 18 heavy (non-hydrogen) atoms. The van der Waals surface area contributed by atoms with E-state index in [0.29, 0.717) is 0 Å². The van der Waals surface area contributed by atoms with Gasteiger partial charge in [0, 0.05) is 11.1 Å². The van der Waals surface area contributed by atoms with Gasteiger partial charge in [-0.3, -0.25) is 0 Å². The van der Waals surface area contributed by atoms with Gasteiger partial charge in [-0.2, -0.15) is 0 Å². The number of hydrogen-bond acceptors (Lipinski definition) is 4. The third-order valence-electron chi connectivity index (χ3n) is 2.51. The Bertz CT molecular complexity index is 511. The van der Waals surface area contributed by atoms with Crippen molar-refractivity contribution in [1.82, 2.24) is 4.98 Å². The van der Waals surface area contributed by atoms with Gasteiger partial charge in [-0.15, -0.1) is 0 Å². The fourth-order valence-corrected chi connectivity index (χ4v) is 2.29. The van der Waals surface area contributed by atoms with Gasteiger partial charge in [-0.1, -0.05) is 23.9 Å². The largest absolute Gasteiger partial charge is 0.497 e. The zero-order valence-electron chi connectivity index (χ0n) is 10.3. The van der Waals surface area contributed by atoms with Crippen LogP contribution >= 0.6 is 11.8 Å². The van der Waals surface area contributed by atoms with E-state index in [0.717, 1.165) is 21.2 Å². The summed E-state index contributed by atoms with van der Waals surface area (Å²) in [5.41, 5.74) is 0.824. The number of benzene rings is 1. The molecule has 1 N–H and O–H groups in total. The number of hydrogen-bond donors (Lipinski definition) is 1. The quantitative estimate of drug-likeness (QED) is 0.917. The molecule has 0 bridgehead atoms. The molecule has 1 aromatic heterocycles. The Morgan fingerprint density at radius 1 is 1.28 bits per heavy atom.